The molecule has 4 bridgehead atoms. The normalized spacial score (nSPS) is 31.7. The fraction of sp³-hybridized carbons (Fsp3) is 0.579. The van der Waals surface area contributed by atoms with Gasteiger partial charge in [-0.1, -0.05) is 12.1 Å². The van der Waals surface area contributed by atoms with Crippen LogP contribution in [-0.4, -0.2) is 29.8 Å². The van der Waals surface area contributed by atoms with Gasteiger partial charge in [0.1, 0.15) is 0 Å². The number of fused-ring (bicyclic) bond motifs is 1. The predicted molar refractivity (Wildman–Crippen MR) is 87.7 cm³/mol. The van der Waals surface area contributed by atoms with Crippen LogP contribution in [0.1, 0.15) is 48.0 Å². The van der Waals surface area contributed by atoms with Gasteiger partial charge in [0.25, 0.3) is 5.91 Å². The van der Waals surface area contributed by atoms with Gasteiger partial charge in [0.2, 0.25) is 6.41 Å². The van der Waals surface area contributed by atoms with Gasteiger partial charge in [0.05, 0.1) is 0 Å². The number of hydrogen-bond donors (Lipinski definition) is 1. The molecule has 1 aromatic rings. The first kappa shape index (κ1) is 14.7. The summed E-state index contributed by atoms with van der Waals surface area (Å²) in [5, 5.41) is 2.65. The van der Waals surface area contributed by atoms with Crippen molar-refractivity contribution < 1.29 is 9.59 Å². The third-order valence-electron chi connectivity index (χ3n) is 5.96. The zero-order valence-corrected chi connectivity index (χ0v) is 13.4. The van der Waals surface area contributed by atoms with E-state index in [1.54, 1.807) is 0 Å². The van der Waals surface area contributed by atoms with Crippen LogP contribution in [0.2, 0.25) is 0 Å². The summed E-state index contributed by atoms with van der Waals surface area (Å²) in [4.78, 5) is 25.5. The molecule has 2 amide bonds. The van der Waals surface area contributed by atoms with E-state index in [-0.39, 0.29) is 5.91 Å². The molecule has 2 saturated heterocycles. The Hall–Kier alpha value is -1.84. The van der Waals surface area contributed by atoms with Crippen LogP contribution < -0.4 is 5.32 Å². The highest BCUT2D eigenvalue weighted by Gasteiger charge is 2.44. The highest BCUT2D eigenvalue weighted by Crippen LogP contribution is 2.47. The molecule has 1 aromatic carbocycles. The van der Waals surface area contributed by atoms with E-state index in [2.05, 4.69) is 10.2 Å². The van der Waals surface area contributed by atoms with Crippen LogP contribution in [-0.2, 0) is 11.3 Å². The molecule has 0 radical (unpaired) electrons. The Morgan fingerprint density at radius 1 is 1.04 bits per heavy atom. The van der Waals surface area contributed by atoms with Crippen LogP contribution in [0, 0.1) is 17.8 Å². The Morgan fingerprint density at radius 2 is 1.70 bits per heavy atom. The van der Waals surface area contributed by atoms with Gasteiger partial charge in [-0.05, 0) is 67.6 Å². The Balaban J connectivity index is 1.51. The van der Waals surface area contributed by atoms with Crippen LogP contribution in [0.4, 0.5) is 0 Å². The molecule has 2 atom stereocenters. The van der Waals surface area contributed by atoms with Crippen molar-refractivity contribution >= 4 is 12.3 Å². The molecule has 1 N–H and O–H groups in total. The smallest absolute Gasteiger partial charge is 0.254 e. The van der Waals surface area contributed by atoms with Gasteiger partial charge in [-0.3, -0.25) is 9.59 Å². The molecule has 4 aliphatic rings. The summed E-state index contributed by atoms with van der Waals surface area (Å²) >= 11 is 0. The number of carbonyl (C=O) groups excluding carboxylic acids is 2. The second-order valence-electron chi connectivity index (χ2n) is 7.58. The summed E-state index contributed by atoms with van der Waals surface area (Å²) in [6.45, 7) is 1.46. The number of benzene rings is 1. The molecular weight excluding hydrogens is 288 g/mol. The summed E-state index contributed by atoms with van der Waals surface area (Å²) in [5.74, 6) is 2.61. The summed E-state index contributed by atoms with van der Waals surface area (Å²) in [6.07, 6.45) is 7.16. The van der Waals surface area contributed by atoms with Crippen LogP contribution in [0.5, 0.6) is 0 Å². The van der Waals surface area contributed by atoms with Crippen molar-refractivity contribution in [3.8, 4) is 0 Å². The quantitative estimate of drug-likeness (QED) is 0.869. The van der Waals surface area contributed by atoms with Crippen molar-refractivity contribution in [3.05, 3.63) is 35.4 Å². The van der Waals surface area contributed by atoms with E-state index in [0.717, 1.165) is 29.5 Å². The SMILES string of the molecule is O=CNCc1ccc(C(=O)N2CC3CC4CC(C3)CC2C4)cc1. The molecular formula is C19H24N2O2. The maximum absolute atomic E-state index is 13.0. The van der Waals surface area contributed by atoms with Gasteiger partial charge in [-0.15, -0.1) is 0 Å². The average Bonchev–Trinajstić information content (AvgIpc) is 2.76. The molecule has 5 rings (SSSR count). The molecule has 4 nitrogen and oxygen atoms in total. The molecule has 122 valence electrons. The van der Waals surface area contributed by atoms with E-state index in [1.165, 1.54) is 32.1 Å². The Bertz CT molecular complexity index is 584. The van der Waals surface area contributed by atoms with Gasteiger partial charge in [-0.25, -0.2) is 0 Å². The fourth-order valence-electron chi connectivity index (χ4n) is 5.12. The molecule has 23 heavy (non-hydrogen) atoms. The molecule has 2 unspecified atom stereocenters. The Labute approximate surface area is 137 Å². The lowest BCUT2D eigenvalue weighted by Gasteiger charge is -2.39. The predicted octanol–water partition coefficient (Wildman–Crippen LogP) is 2.58. The van der Waals surface area contributed by atoms with E-state index < -0.39 is 0 Å². The van der Waals surface area contributed by atoms with Gasteiger partial charge in [0, 0.05) is 24.7 Å². The van der Waals surface area contributed by atoms with Gasteiger partial charge >= 0.3 is 0 Å². The van der Waals surface area contributed by atoms with E-state index >= 15 is 0 Å². The fourth-order valence-corrected chi connectivity index (χ4v) is 5.12. The first-order valence-electron chi connectivity index (χ1n) is 8.80. The van der Waals surface area contributed by atoms with Crippen molar-refractivity contribution in [1.29, 1.82) is 0 Å². The van der Waals surface area contributed by atoms with E-state index in [4.69, 9.17) is 0 Å². The number of amides is 2. The largest absolute Gasteiger partial charge is 0.355 e. The first-order valence-corrected chi connectivity index (χ1v) is 8.80. The zero-order chi connectivity index (χ0) is 15.8. The standard InChI is InChI=1S/C19H24N2O2/c22-12-20-10-13-1-3-17(4-2-13)19(23)21-11-16-6-14-5-15(7-16)9-18(21)8-14/h1-4,12,14-16,18H,5-11H2,(H,20,22). The number of nitrogens with zero attached hydrogens (tertiary/aromatic N) is 1. The highest BCUT2D eigenvalue weighted by molar-refractivity contribution is 5.94. The summed E-state index contributed by atoms with van der Waals surface area (Å²) in [7, 11) is 0. The summed E-state index contributed by atoms with van der Waals surface area (Å²) < 4.78 is 0. The molecule has 4 fully saturated rings. The molecule has 0 aromatic heterocycles. The van der Waals surface area contributed by atoms with Crippen molar-refractivity contribution in [2.75, 3.05) is 6.54 Å². The van der Waals surface area contributed by atoms with Crippen LogP contribution >= 0.6 is 0 Å². The molecule has 2 saturated carbocycles. The number of nitrogens with one attached hydrogen (secondary N) is 1. The lowest BCUT2D eigenvalue weighted by molar-refractivity contribution is -0.109. The average molecular weight is 312 g/mol. The van der Waals surface area contributed by atoms with E-state index in [9.17, 15) is 9.59 Å². The van der Waals surface area contributed by atoms with Gasteiger partial charge in [-0.2, -0.15) is 0 Å². The van der Waals surface area contributed by atoms with Crippen molar-refractivity contribution in [3.63, 3.8) is 0 Å². The van der Waals surface area contributed by atoms with Gasteiger partial charge in [0.15, 0.2) is 0 Å². The minimum atomic E-state index is 0.193. The minimum absolute atomic E-state index is 0.193. The third-order valence-corrected chi connectivity index (χ3v) is 5.96. The Kier molecular flexibility index (Phi) is 3.83. The minimum Gasteiger partial charge on any atom is -0.355 e. The first-order chi connectivity index (χ1) is 11.2. The highest BCUT2D eigenvalue weighted by atomic mass is 16.2. The molecule has 2 aliphatic heterocycles. The molecule has 4 heteroatoms. The third kappa shape index (κ3) is 2.87. The number of hydrogen-bond acceptors (Lipinski definition) is 2. The van der Waals surface area contributed by atoms with E-state index in [0.29, 0.717) is 24.9 Å². The van der Waals surface area contributed by atoms with Crippen LogP contribution in [0.3, 0.4) is 0 Å². The lowest BCUT2D eigenvalue weighted by Crippen LogP contribution is -2.42. The monoisotopic (exact) mass is 312 g/mol. The van der Waals surface area contributed by atoms with Crippen molar-refractivity contribution in [2.45, 2.75) is 44.7 Å². The zero-order valence-electron chi connectivity index (χ0n) is 13.4. The molecule has 0 spiro atoms. The number of carbonyl (C=O) groups is 2. The van der Waals surface area contributed by atoms with Crippen molar-refractivity contribution in [1.82, 2.24) is 10.2 Å². The van der Waals surface area contributed by atoms with Gasteiger partial charge < -0.3 is 10.2 Å². The maximum atomic E-state index is 13.0. The van der Waals surface area contributed by atoms with Crippen molar-refractivity contribution in [2.24, 2.45) is 17.8 Å². The molecule has 2 heterocycles. The Morgan fingerprint density at radius 3 is 2.35 bits per heavy atom. The van der Waals surface area contributed by atoms with Crippen LogP contribution in [0.15, 0.2) is 24.3 Å². The summed E-state index contributed by atoms with van der Waals surface area (Å²) in [5.41, 5.74) is 1.80. The maximum Gasteiger partial charge on any atom is 0.254 e. The topological polar surface area (TPSA) is 49.4 Å². The number of rotatable bonds is 4. The second kappa shape index (κ2) is 5.99. The summed E-state index contributed by atoms with van der Waals surface area (Å²) in [6, 6.07) is 8.13. The lowest BCUT2D eigenvalue weighted by atomic mass is 9.68. The van der Waals surface area contributed by atoms with Crippen LogP contribution in [0.25, 0.3) is 0 Å². The van der Waals surface area contributed by atoms with E-state index in [1.807, 2.05) is 24.3 Å². The molecule has 2 aliphatic carbocycles. The second-order valence-corrected chi connectivity index (χ2v) is 7.58.